The van der Waals surface area contributed by atoms with Crippen molar-refractivity contribution in [2.24, 2.45) is 0 Å². The van der Waals surface area contributed by atoms with Gasteiger partial charge >= 0.3 is 6.03 Å². The highest BCUT2D eigenvalue weighted by Gasteiger charge is 2.23. The summed E-state index contributed by atoms with van der Waals surface area (Å²) in [5.41, 5.74) is 0.423. The van der Waals surface area contributed by atoms with E-state index in [9.17, 15) is 9.18 Å². The number of hydrogen-bond acceptors (Lipinski definition) is 3. The number of furan rings is 1. The number of anilines is 1. The van der Waals surface area contributed by atoms with Crippen molar-refractivity contribution in [3.05, 3.63) is 54.2 Å². The summed E-state index contributed by atoms with van der Waals surface area (Å²) >= 11 is 0. The zero-order chi connectivity index (χ0) is 16.1. The molecule has 0 saturated carbocycles. The molecule has 0 bridgehead atoms. The van der Waals surface area contributed by atoms with Crippen LogP contribution < -0.4 is 5.32 Å². The molecule has 1 aromatic heterocycles. The van der Waals surface area contributed by atoms with Crippen molar-refractivity contribution in [1.82, 2.24) is 4.90 Å². The maximum atomic E-state index is 13.3. The van der Waals surface area contributed by atoms with Gasteiger partial charge in [-0.15, -0.1) is 0 Å². The van der Waals surface area contributed by atoms with Crippen molar-refractivity contribution in [3.8, 4) is 0 Å². The van der Waals surface area contributed by atoms with E-state index in [2.05, 4.69) is 5.32 Å². The molecule has 0 unspecified atom stereocenters. The first kappa shape index (κ1) is 15.6. The molecule has 5 nitrogen and oxygen atoms in total. The molecule has 1 N–H and O–H groups in total. The Morgan fingerprint density at radius 3 is 2.96 bits per heavy atom. The van der Waals surface area contributed by atoms with Crippen LogP contribution in [0.5, 0.6) is 0 Å². The molecular weight excluding hydrogens is 299 g/mol. The zero-order valence-electron chi connectivity index (χ0n) is 12.7. The molecule has 0 aliphatic carbocycles. The smallest absolute Gasteiger partial charge is 0.322 e. The summed E-state index contributed by atoms with van der Waals surface area (Å²) in [6.45, 7) is 1.54. The summed E-state index contributed by atoms with van der Waals surface area (Å²) in [5.74, 6) is 0.303. The normalized spacial score (nSPS) is 17.2. The summed E-state index contributed by atoms with van der Waals surface area (Å²) in [4.78, 5) is 14.2. The van der Waals surface area contributed by atoms with Crippen LogP contribution in [0.3, 0.4) is 0 Å². The van der Waals surface area contributed by atoms with Crippen LogP contribution >= 0.6 is 0 Å². The molecule has 1 atom stereocenters. The highest BCUT2D eigenvalue weighted by atomic mass is 19.1. The van der Waals surface area contributed by atoms with Crippen LogP contribution in [0.15, 0.2) is 47.1 Å². The van der Waals surface area contributed by atoms with Gasteiger partial charge < -0.3 is 19.4 Å². The summed E-state index contributed by atoms with van der Waals surface area (Å²) in [5, 5.41) is 2.72. The van der Waals surface area contributed by atoms with E-state index in [1.165, 1.54) is 12.1 Å². The molecule has 0 radical (unpaired) electrons. The van der Waals surface area contributed by atoms with Gasteiger partial charge in [-0.3, -0.25) is 0 Å². The third-order valence-electron chi connectivity index (χ3n) is 3.74. The van der Waals surface area contributed by atoms with Crippen LogP contribution in [-0.4, -0.2) is 30.2 Å². The number of carbonyl (C=O) groups excluding carboxylic acids is 1. The van der Waals surface area contributed by atoms with Gasteiger partial charge in [0.2, 0.25) is 0 Å². The number of benzene rings is 1. The molecule has 2 aromatic rings. The first-order valence-electron chi connectivity index (χ1n) is 7.66. The van der Waals surface area contributed by atoms with Gasteiger partial charge in [0.25, 0.3) is 0 Å². The molecule has 1 fully saturated rings. The number of ether oxygens (including phenoxy) is 1. The van der Waals surface area contributed by atoms with E-state index in [1.54, 1.807) is 29.4 Å². The van der Waals surface area contributed by atoms with Crippen LogP contribution in [0.2, 0.25) is 0 Å². The van der Waals surface area contributed by atoms with E-state index in [0.29, 0.717) is 24.5 Å². The fourth-order valence-corrected chi connectivity index (χ4v) is 2.61. The van der Waals surface area contributed by atoms with Gasteiger partial charge in [-0.05, 0) is 43.2 Å². The van der Waals surface area contributed by atoms with Crippen LogP contribution in [0, 0.1) is 5.82 Å². The molecule has 0 spiro atoms. The molecule has 2 amide bonds. The quantitative estimate of drug-likeness (QED) is 0.916. The number of nitrogens with one attached hydrogen (secondary N) is 1. The standard InChI is InChI=1S/C17H19FN2O3/c18-13-4-1-5-14(10-13)19-17(21)20(11-15-6-2-8-22-15)12-16-7-3-9-23-16/h1-2,4-6,8,10,16H,3,7,9,11-12H2,(H,19,21)/t16-/m1/s1. The van der Waals surface area contributed by atoms with E-state index in [1.807, 2.05) is 6.07 Å². The lowest BCUT2D eigenvalue weighted by atomic mass is 10.2. The lowest BCUT2D eigenvalue weighted by Gasteiger charge is -2.25. The van der Waals surface area contributed by atoms with Crippen molar-refractivity contribution in [2.75, 3.05) is 18.5 Å². The topological polar surface area (TPSA) is 54.7 Å². The Kier molecular flexibility index (Phi) is 4.92. The summed E-state index contributed by atoms with van der Waals surface area (Å²) < 4.78 is 24.2. The Balaban J connectivity index is 1.68. The molecule has 2 heterocycles. The van der Waals surface area contributed by atoms with Crippen molar-refractivity contribution in [3.63, 3.8) is 0 Å². The van der Waals surface area contributed by atoms with E-state index >= 15 is 0 Å². The molecule has 6 heteroatoms. The van der Waals surface area contributed by atoms with E-state index in [4.69, 9.17) is 9.15 Å². The second-order valence-electron chi connectivity index (χ2n) is 5.54. The van der Waals surface area contributed by atoms with E-state index in [-0.39, 0.29) is 18.0 Å². The Hall–Kier alpha value is -2.34. The first-order valence-corrected chi connectivity index (χ1v) is 7.66. The monoisotopic (exact) mass is 318 g/mol. The zero-order valence-corrected chi connectivity index (χ0v) is 12.7. The highest BCUT2D eigenvalue weighted by molar-refractivity contribution is 5.89. The third kappa shape index (κ3) is 4.32. The van der Waals surface area contributed by atoms with Gasteiger partial charge in [0.1, 0.15) is 11.6 Å². The molecular formula is C17H19FN2O3. The maximum Gasteiger partial charge on any atom is 0.322 e. The summed E-state index contributed by atoms with van der Waals surface area (Å²) in [7, 11) is 0. The first-order chi connectivity index (χ1) is 11.2. The highest BCUT2D eigenvalue weighted by Crippen LogP contribution is 2.17. The van der Waals surface area contributed by atoms with Crippen LogP contribution in [0.4, 0.5) is 14.9 Å². The molecule has 1 aromatic carbocycles. The molecule has 3 rings (SSSR count). The van der Waals surface area contributed by atoms with Crippen molar-refractivity contribution >= 4 is 11.7 Å². The molecule has 122 valence electrons. The molecule has 1 aliphatic heterocycles. The summed E-state index contributed by atoms with van der Waals surface area (Å²) in [6.07, 6.45) is 3.54. The Morgan fingerprint density at radius 1 is 1.35 bits per heavy atom. The Labute approximate surface area is 134 Å². The largest absolute Gasteiger partial charge is 0.467 e. The number of hydrogen-bond donors (Lipinski definition) is 1. The fraction of sp³-hybridized carbons (Fsp3) is 0.353. The number of urea groups is 1. The second-order valence-corrected chi connectivity index (χ2v) is 5.54. The average molecular weight is 318 g/mol. The average Bonchev–Trinajstić information content (AvgIpc) is 3.20. The minimum Gasteiger partial charge on any atom is -0.467 e. The van der Waals surface area contributed by atoms with Gasteiger partial charge in [-0.25, -0.2) is 9.18 Å². The Morgan fingerprint density at radius 2 is 2.26 bits per heavy atom. The van der Waals surface area contributed by atoms with Crippen molar-refractivity contribution in [2.45, 2.75) is 25.5 Å². The number of halogens is 1. The van der Waals surface area contributed by atoms with E-state index in [0.717, 1.165) is 19.4 Å². The van der Waals surface area contributed by atoms with Crippen LogP contribution in [0.25, 0.3) is 0 Å². The molecule has 1 aliphatic rings. The number of rotatable bonds is 5. The Bertz CT molecular complexity index is 639. The minimum atomic E-state index is -0.389. The van der Waals surface area contributed by atoms with Gasteiger partial charge in [-0.1, -0.05) is 6.07 Å². The van der Waals surface area contributed by atoms with Crippen LogP contribution in [-0.2, 0) is 11.3 Å². The van der Waals surface area contributed by atoms with Gasteiger partial charge in [0, 0.05) is 18.8 Å². The maximum absolute atomic E-state index is 13.3. The summed E-state index contributed by atoms with van der Waals surface area (Å²) in [6, 6.07) is 9.13. The lowest BCUT2D eigenvalue weighted by molar-refractivity contribution is 0.0803. The number of nitrogens with zero attached hydrogens (tertiary/aromatic N) is 1. The number of carbonyl (C=O) groups is 1. The predicted molar refractivity (Wildman–Crippen MR) is 83.5 cm³/mol. The third-order valence-corrected chi connectivity index (χ3v) is 3.74. The molecule has 23 heavy (non-hydrogen) atoms. The number of amides is 2. The van der Waals surface area contributed by atoms with E-state index < -0.39 is 0 Å². The van der Waals surface area contributed by atoms with Crippen molar-refractivity contribution < 1.29 is 18.3 Å². The van der Waals surface area contributed by atoms with Crippen LogP contribution in [0.1, 0.15) is 18.6 Å². The minimum absolute atomic E-state index is 0.0308. The fourth-order valence-electron chi connectivity index (χ4n) is 2.61. The van der Waals surface area contributed by atoms with Gasteiger partial charge in [0.05, 0.1) is 18.9 Å². The molecule has 1 saturated heterocycles. The van der Waals surface area contributed by atoms with Gasteiger partial charge in [-0.2, -0.15) is 0 Å². The van der Waals surface area contributed by atoms with Crippen molar-refractivity contribution in [1.29, 1.82) is 0 Å². The second kappa shape index (κ2) is 7.28. The SMILES string of the molecule is O=C(Nc1cccc(F)c1)N(Cc1ccco1)C[C@H]1CCCO1. The lowest BCUT2D eigenvalue weighted by Crippen LogP contribution is -2.39. The predicted octanol–water partition coefficient (Wildman–Crippen LogP) is 3.63. The van der Waals surface area contributed by atoms with Gasteiger partial charge in [0.15, 0.2) is 0 Å².